The average molecular weight is 486 g/mol. The van der Waals surface area contributed by atoms with Crippen LogP contribution in [0.1, 0.15) is 58.7 Å². The van der Waals surface area contributed by atoms with Crippen molar-refractivity contribution in [3.05, 3.63) is 94.4 Å². The summed E-state index contributed by atoms with van der Waals surface area (Å²) in [5, 5.41) is 0.572. The van der Waals surface area contributed by atoms with Crippen LogP contribution in [0.3, 0.4) is 0 Å². The van der Waals surface area contributed by atoms with E-state index in [1.807, 2.05) is 50.0 Å². The van der Waals surface area contributed by atoms with Crippen molar-refractivity contribution < 1.29 is 18.8 Å². The van der Waals surface area contributed by atoms with Crippen LogP contribution in [0.4, 0.5) is 5.69 Å². The summed E-state index contributed by atoms with van der Waals surface area (Å²) < 4.78 is 5.88. The average Bonchev–Trinajstić information content (AvgIpc) is 3.51. The predicted molar refractivity (Wildman–Crippen MR) is 134 cm³/mol. The molecule has 0 unspecified atom stereocenters. The fraction of sp³-hybridized carbons (Fsp3) is 0.276. The molecule has 2 aliphatic heterocycles. The number of carbonyl (C=O) groups excluding carboxylic acids is 3. The number of hydrogen-bond donors (Lipinski definition) is 0. The first-order valence-electron chi connectivity index (χ1n) is 11.7. The lowest BCUT2D eigenvalue weighted by Gasteiger charge is -2.38. The van der Waals surface area contributed by atoms with Gasteiger partial charge in [-0.15, -0.1) is 0 Å². The van der Waals surface area contributed by atoms with Gasteiger partial charge in [0.05, 0.1) is 18.2 Å². The van der Waals surface area contributed by atoms with Gasteiger partial charge in [-0.2, -0.15) is 0 Å². The van der Waals surface area contributed by atoms with E-state index in [0.29, 0.717) is 21.9 Å². The molecule has 5 nitrogen and oxygen atoms in total. The second-order valence-corrected chi connectivity index (χ2v) is 11.0. The summed E-state index contributed by atoms with van der Waals surface area (Å²) in [5.41, 5.74) is 0.152. The minimum absolute atomic E-state index is 0.0615. The van der Waals surface area contributed by atoms with Crippen LogP contribution < -0.4 is 4.90 Å². The molecular formula is C29H24ClNO4. The first-order valence-corrected chi connectivity index (χ1v) is 12.1. The number of benzene rings is 2. The smallest absolute Gasteiger partial charge is 0.180 e. The predicted octanol–water partition coefficient (Wildman–Crippen LogP) is 5.98. The van der Waals surface area contributed by atoms with Crippen molar-refractivity contribution in [2.75, 3.05) is 4.90 Å². The van der Waals surface area contributed by atoms with Gasteiger partial charge < -0.3 is 9.32 Å². The summed E-state index contributed by atoms with van der Waals surface area (Å²) in [5.74, 6) is -0.927. The number of carbonyl (C=O) groups is 3. The van der Waals surface area contributed by atoms with Crippen LogP contribution in [-0.4, -0.2) is 29.4 Å². The Hall–Kier alpha value is -3.44. The van der Waals surface area contributed by atoms with E-state index in [1.165, 1.54) is 6.26 Å². The molecule has 35 heavy (non-hydrogen) atoms. The van der Waals surface area contributed by atoms with Crippen LogP contribution in [0.25, 0.3) is 6.08 Å². The van der Waals surface area contributed by atoms with Gasteiger partial charge in [-0.05, 0) is 35.9 Å². The zero-order valence-corrected chi connectivity index (χ0v) is 20.4. The second kappa shape index (κ2) is 7.28. The Balaban J connectivity index is 1.69. The Morgan fingerprint density at radius 2 is 1.69 bits per heavy atom. The summed E-state index contributed by atoms with van der Waals surface area (Å²) in [4.78, 5) is 44.8. The van der Waals surface area contributed by atoms with Crippen molar-refractivity contribution in [2.45, 2.75) is 38.8 Å². The van der Waals surface area contributed by atoms with Crippen LogP contribution >= 0.6 is 11.6 Å². The van der Waals surface area contributed by atoms with Crippen molar-refractivity contribution in [3.8, 4) is 0 Å². The minimum atomic E-state index is -1.53. The number of anilines is 1. The van der Waals surface area contributed by atoms with Gasteiger partial charge in [0.15, 0.2) is 17.3 Å². The molecule has 1 fully saturated rings. The van der Waals surface area contributed by atoms with Gasteiger partial charge in [-0.25, -0.2) is 0 Å². The fourth-order valence-corrected chi connectivity index (χ4v) is 6.35. The minimum Gasteiger partial charge on any atom is -0.469 e. The number of nitrogens with zero attached hydrogens (tertiary/aromatic N) is 1. The third-order valence-corrected chi connectivity index (χ3v) is 7.86. The van der Waals surface area contributed by atoms with Gasteiger partial charge in [0, 0.05) is 27.3 Å². The molecule has 3 aromatic rings. The maximum Gasteiger partial charge on any atom is 0.180 e. The van der Waals surface area contributed by atoms with E-state index in [4.69, 9.17) is 16.0 Å². The molecule has 1 aromatic heterocycles. The Morgan fingerprint density at radius 1 is 1.00 bits per heavy atom. The highest BCUT2D eigenvalue weighted by molar-refractivity contribution is 6.32. The molecule has 3 atom stereocenters. The number of rotatable bonds is 2. The topological polar surface area (TPSA) is 67.6 Å². The Labute approximate surface area is 208 Å². The normalized spacial score (nSPS) is 24.0. The SMILES string of the molecule is CC(C)(C)C(=O)[C@@H]1[C@@H](c2ccco2)C2(C(=O)c3ccccc3C2=O)[C@H]2C=Cc3cc(Cl)ccc3N12. The van der Waals surface area contributed by atoms with E-state index in [-0.39, 0.29) is 17.3 Å². The monoisotopic (exact) mass is 485 g/mol. The van der Waals surface area contributed by atoms with Gasteiger partial charge in [0.25, 0.3) is 0 Å². The maximum atomic E-state index is 14.3. The van der Waals surface area contributed by atoms with Gasteiger partial charge in [0.1, 0.15) is 17.2 Å². The molecule has 0 amide bonds. The molecule has 6 heteroatoms. The van der Waals surface area contributed by atoms with Gasteiger partial charge in [0.2, 0.25) is 0 Å². The summed E-state index contributed by atoms with van der Waals surface area (Å²) in [7, 11) is 0. The molecule has 3 aliphatic rings. The first-order chi connectivity index (χ1) is 16.7. The molecule has 3 heterocycles. The molecule has 0 radical (unpaired) electrons. The van der Waals surface area contributed by atoms with Crippen molar-refractivity contribution >= 4 is 40.7 Å². The molecule has 1 spiro atoms. The first kappa shape index (κ1) is 22.1. The highest BCUT2D eigenvalue weighted by atomic mass is 35.5. The zero-order valence-electron chi connectivity index (χ0n) is 19.6. The zero-order chi connectivity index (χ0) is 24.7. The Kier molecular flexibility index (Phi) is 4.59. The number of furan rings is 1. The van der Waals surface area contributed by atoms with E-state index in [0.717, 1.165) is 11.3 Å². The Bertz CT molecular complexity index is 1390. The molecule has 6 rings (SSSR count). The number of ketones is 3. The van der Waals surface area contributed by atoms with Crippen LogP contribution in [0.5, 0.6) is 0 Å². The van der Waals surface area contributed by atoms with Crippen LogP contribution in [0, 0.1) is 10.8 Å². The van der Waals surface area contributed by atoms with Crippen LogP contribution in [-0.2, 0) is 4.79 Å². The number of fused-ring (bicyclic) bond motifs is 5. The van der Waals surface area contributed by atoms with E-state index in [1.54, 1.807) is 42.5 Å². The summed E-state index contributed by atoms with van der Waals surface area (Å²) in [6.07, 6.45) is 5.31. The van der Waals surface area contributed by atoms with Crippen LogP contribution in [0.2, 0.25) is 5.02 Å². The summed E-state index contributed by atoms with van der Waals surface area (Å²) >= 11 is 6.29. The third-order valence-electron chi connectivity index (χ3n) is 7.62. The molecule has 176 valence electrons. The molecule has 0 N–H and O–H groups in total. The summed E-state index contributed by atoms with van der Waals surface area (Å²) in [6.45, 7) is 5.60. The fourth-order valence-electron chi connectivity index (χ4n) is 6.17. The van der Waals surface area contributed by atoms with E-state index in [2.05, 4.69) is 0 Å². The van der Waals surface area contributed by atoms with Gasteiger partial charge >= 0.3 is 0 Å². The second-order valence-electron chi connectivity index (χ2n) is 10.5. The number of hydrogen-bond acceptors (Lipinski definition) is 5. The molecule has 1 aliphatic carbocycles. The third kappa shape index (κ3) is 2.79. The molecular weight excluding hydrogens is 462 g/mol. The Morgan fingerprint density at radius 3 is 2.29 bits per heavy atom. The summed E-state index contributed by atoms with van der Waals surface area (Å²) in [6, 6.07) is 14.5. The van der Waals surface area contributed by atoms with E-state index >= 15 is 0 Å². The highest BCUT2D eigenvalue weighted by Crippen LogP contribution is 2.61. The van der Waals surface area contributed by atoms with E-state index < -0.39 is 28.8 Å². The van der Waals surface area contributed by atoms with Crippen molar-refractivity contribution in [3.63, 3.8) is 0 Å². The lowest BCUT2D eigenvalue weighted by molar-refractivity contribution is -0.128. The van der Waals surface area contributed by atoms with Crippen molar-refractivity contribution in [2.24, 2.45) is 10.8 Å². The lowest BCUT2D eigenvalue weighted by atomic mass is 9.65. The number of halogens is 1. The number of Topliss-reactive ketones (excluding diaryl/α,β-unsaturated/α-hetero) is 3. The lowest BCUT2D eigenvalue weighted by Crippen LogP contribution is -2.49. The quantitative estimate of drug-likeness (QED) is 0.417. The molecule has 0 saturated carbocycles. The molecule has 0 bridgehead atoms. The van der Waals surface area contributed by atoms with E-state index in [9.17, 15) is 14.4 Å². The van der Waals surface area contributed by atoms with Crippen LogP contribution in [0.15, 0.2) is 71.4 Å². The molecule has 2 aromatic carbocycles. The largest absolute Gasteiger partial charge is 0.469 e. The van der Waals surface area contributed by atoms with Crippen molar-refractivity contribution in [1.82, 2.24) is 0 Å². The highest BCUT2D eigenvalue weighted by Gasteiger charge is 2.72. The molecule has 1 saturated heterocycles. The van der Waals surface area contributed by atoms with Crippen molar-refractivity contribution in [1.29, 1.82) is 0 Å². The van der Waals surface area contributed by atoms with Gasteiger partial charge in [-0.3, -0.25) is 14.4 Å². The standard InChI is InChI=1S/C29H24ClNO4/c1-28(2,3)27(34)24-23(21-9-6-14-35-21)29(25(32)18-7-4-5-8-19(18)26(29)33)22-13-10-16-15-17(30)11-12-20(16)31(22)24/h4-15,22-24H,1-3H3/t22-,23-,24+/m1/s1. The maximum absolute atomic E-state index is 14.3. The van der Waals surface area contributed by atoms with Gasteiger partial charge in [-0.1, -0.05) is 68.8 Å².